The molecule has 2 aliphatic carbocycles. The lowest BCUT2D eigenvalue weighted by atomic mass is 9.64. The Kier molecular flexibility index (Phi) is 5.53. The second-order valence-corrected chi connectivity index (χ2v) is 9.23. The second-order valence-electron chi connectivity index (χ2n) is 9.23. The summed E-state index contributed by atoms with van der Waals surface area (Å²) in [5.41, 5.74) is 2.66. The summed E-state index contributed by atoms with van der Waals surface area (Å²) in [4.78, 5) is 3.77. The van der Waals surface area contributed by atoms with Crippen molar-refractivity contribution in [3.05, 3.63) is 90.0 Å². The molecule has 0 N–H and O–H groups in total. The third kappa shape index (κ3) is 3.94. The van der Waals surface area contributed by atoms with Crippen LogP contribution in [0.15, 0.2) is 72.9 Å². The highest BCUT2D eigenvalue weighted by atomic mass is 19.1. The molecule has 2 fully saturated rings. The summed E-state index contributed by atoms with van der Waals surface area (Å²) in [6.07, 6.45) is 7.05. The van der Waals surface area contributed by atoms with Crippen LogP contribution in [0.5, 0.6) is 0 Å². The Bertz CT molecular complexity index is 1110. The van der Waals surface area contributed by atoms with Crippen LogP contribution in [0.25, 0.3) is 11.1 Å². The summed E-state index contributed by atoms with van der Waals surface area (Å²) in [6, 6.07) is 24.3. The Balaban J connectivity index is 1.43. The Morgan fingerprint density at radius 1 is 0.906 bits per heavy atom. The van der Waals surface area contributed by atoms with Crippen molar-refractivity contribution in [2.45, 2.75) is 49.5 Å². The van der Waals surface area contributed by atoms with E-state index in [0.29, 0.717) is 11.5 Å². The zero-order valence-corrected chi connectivity index (χ0v) is 18.1. The molecule has 32 heavy (non-hydrogen) atoms. The van der Waals surface area contributed by atoms with E-state index in [9.17, 15) is 9.65 Å². The van der Waals surface area contributed by atoms with Crippen molar-refractivity contribution >= 4 is 0 Å². The molecular weight excluding hydrogens is 399 g/mol. The number of nitriles is 1. The highest BCUT2D eigenvalue weighted by Crippen LogP contribution is 2.50. The van der Waals surface area contributed by atoms with Crippen molar-refractivity contribution in [2.24, 2.45) is 5.92 Å². The lowest BCUT2D eigenvalue weighted by molar-refractivity contribution is -0.0880. The predicted molar refractivity (Wildman–Crippen MR) is 122 cm³/mol. The van der Waals surface area contributed by atoms with E-state index in [4.69, 9.17) is 4.74 Å². The molecule has 1 heterocycles. The minimum Gasteiger partial charge on any atom is -0.370 e. The highest BCUT2D eigenvalue weighted by Gasteiger charge is 2.46. The molecule has 3 aromatic rings. The number of benzene rings is 2. The monoisotopic (exact) mass is 426 g/mol. The summed E-state index contributed by atoms with van der Waals surface area (Å²) in [5, 5.41) is 10.1. The van der Waals surface area contributed by atoms with Gasteiger partial charge < -0.3 is 4.74 Å². The molecule has 1 aromatic heterocycles. The van der Waals surface area contributed by atoms with Gasteiger partial charge >= 0.3 is 0 Å². The fourth-order valence-electron chi connectivity index (χ4n) is 4.94. The van der Waals surface area contributed by atoms with Crippen molar-refractivity contribution in [1.29, 1.82) is 5.26 Å². The molecule has 0 atom stereocenters. The molecule has 2 saturated carbocycles. The van der Waals surface area contributed by atoms with Gasteiger partial charge in [0.2, 0.25) is 5.95 Å². The molecule has 2 aromatic carbocycles. The number of aromatic nitrogens is 1. The molecular formula is C28H27FN2O. The predicted octanol–water partition coefficient (Wildman–Crippen LogP) is 6.55. The smallest absolute Gasteiger partial charge is 0.220 e. The van der Waals surface area contributed by atoms with Crippen LogP contribution in [0.4, 0.5) is 4.39 Å². The van der Waals surface area contributed by atoms with Gasteiger partial charge in [-0.25, -0.2) is 4.98 Å². The quantitative estimate of drug-likeness (QED) is 0.420. The molecule has 0 saturated heterocycles. The molecule has 0 radical (unpaired) electrons. The molecule has 0 bridgehead atoms. The number of hydrogen-bond acceptors (Lipinski definition) is 3. The molecule has 0 amide bonds. The Labute approximate surface area is 188 Å². The SMILES string of the molecule is N#CC1(c2ccccc2)CCC(OCC2CC2)(c2ccc(-c3cccnc3F)cc2)CC1. The Morgan fingerprint density at radius 2 is 1.62 bits per heavy atom. The number of ether oxygens (including phenoxy) is 1. The summed E-state index contributed by atoms with van der Waals surface area (Å²) in [5.74, 6) is 0.201. The van der Waals surface area contributed by atoms with Crippen LogP contribution in [0.1, 0.15) is 49.7 Å². The van der Waals surface area contributed by atoms with Crippen LogP contribution in [-0.4, -0.2) is 11.6 Å². The molecule has 162 valence electrons. The van der Waals surface area contributed by atoms with Crippen molar-refractivity contribution in [3.63, 3.8) is 0 Å². The van der Waals surface area contributed by atoms with E-state index >= 15 is 0 Å². The van der Waals surface area contributed by atoms with Gasteiger partial charge in [0.25, 0.3) is 0 Å². The van der Waals surface area contributed by atoms with Gasteiger partial charge in [-0.3, -0.25) is 0 Å². The number of hydrogen-bond donors (Lipinski definition) is 0. The minimum atomic E-state index is -0.466. The van der Waals surface area contributed by atoms with Crippen LogP contribution < -0.4 is 0 Å². The summed E-state index contributed by atoms with van der Waals surface area (Å²) < 4.78 is 20.8. The third-order valence-corrected chi connectivity index (χ3v) is 7.22. The first-order valence-electron chi connectivity index (χ1n) is 11.5. The minimum absolute atomic E-state index is 0.399. The number of pyridine rings is 1. The van der Waals surface area contributed by atoms with E-state index in [0.717, 1.165) is 49.0 Å². The first kappa shape index (κ1) is 20.8. The fraction of sp³-hybridized carbons (Fsp3) is 0.357. The van der Waals surface area contributed by atoms with Gasteiger partial charge in [0.05, 0.1) is 23.7 Å². The van der Waals surface area contributed by atoms with E-state index in [1.165, 1.54) is 19.0 Å². The first-order valence-corrected chi connectivity index (χ1v) is 11.5. The van der Waals surface area contributed by atoms with E-state index < -0.39 is 17.0 Å². The van der Waals surface area contributed by atoms with Crippen LogP contribution in [0.3, 0.4) is 0 Å². The van der Waals surface area contributed by atoms with Crippen LogP contribution >= 0.6 is 0 Å². The first-order chi connectivity index (χ1) is 15.6. The summed E-state index contributed by atoms with van der Waals surface area (Å²) >= 11 is 0. The topological polar surface area (TPSA) is 45.9 Å². The van der Waals surface area contributed by atoms with E-state index in [2.05, 4.69) is 35.3 Å². The molecule has 5 rings (SSSR count). The highest BCUT2D eigenvalue weighted by molar-refractivity contribution is 5.63. The van der Waals surface area contributed by atoms with E-state index in [1.54, 1.807) is 12.1 Å². The van der Waals surface area contributed by atoms with E-state index in [1.807, 2.05) is 30.3 Å². The van der Waals surface area contributed by atoms with Gasteiger partial charge in [0, 0.05) is 11.8 Å². The van der Waals surface area contributed by atoms with Crippen molar-refractivity contribution in [1.82, 2.24) is 4.98 Å². The van der Waals surface area contributed by atoms with Crippen LogP contribution in [-0.2, 0) is 15.8 Å². The molecule has 0 spiro atoms. The molecule has 4 heteroatoms. The van der Waals surface area contributed by atoms with Gasteiger partial charge in [-0.1, -0.05) is 54.6 Å². The lowest BCUT2D eigenvalue weighted by Crippen LogP contribution is -2.41. The zero-order chi connectivity index (χ0) is 22.0. The second kappa shape index (κ2) is 8.48. The maximum atomic E-state index is 14.1. The zero-order valence-electron chi connectivity index (χ0n) is 18.1. The maximum Gasteiger partial charge on any atom is 0.220 e. The normalized spacial score (nSPS) is 25.2. The van der Waals surface area contributed by atoms with Crippen LogP contribution in [0, 0.1) is 23.2 Å². The molecule has 0 aliphatic heterocycles. The fourth-order valence-corrected chi connectivity index (χ4v) is 4.94. The number of halogens is 1. The average molecular weight is 427 g/mol. The molecule has 3 nitrogen and oxygen atoms in total. The Hall–Kier alpha value is -3.03. The molecule has 0 unspecified atom stereocenters. The van der Waals surface area contributed by atoms with E-state index in [-0.39, 0.29) is 0 Å². The standard InChI is InChI=1S/C28H27FN2O/c29-26-25(7-4-18-31-26)22-10-12-24(13-11-22)28(32-19-21-8-9-21)16-14-27(20-30,15-17-28)23-5-2-1-3-6-23/h1-7,10-13,18,21H,8-9,14-17,19H2. The summed E-state index contributed by atoms with van der Waals surface area (Å²) in [7, 11) is 0. The third-order valence-electron chi connectivity index (χ3n) is 7.22. The van der Waals surface area contributed by atoms with Gasteiger partial charge in [0.15, 0.2) is 0 Å². The maximum absolute atomic E-state index is 14.1. The van der Waals surface area contributed by atoms with Gasteiger partial charge in [-0.05, 0) is 73.3 Å². The molecule has 2 aliphatic rings. The van der Waals surface area contributed by atoms with Crippen molar-refractivity contribution < 1.29 is 9.13 Å². The van der Waals surface area contributed by atoms with Crippen LogP contribution in [0.2, 0.25) is 0 Å². The summed E-state index contributed by atoms with van der Waals surface area (Å²) in [6.45, 7) is 0.768. The average Bonchev–Trinajstić information content (AvgIpc) is 3.69. The largest absolute Gasteiger partial charge is 0.370 e. The number of rotatable bonds is 6. The van der Waals surface area contributed by atoms with Gasteiger partial charge in [0.1, 0.15) is 0 Å². The van der Waals surface area contributed by atoms with Crippen molar-refractivity contribution in [2.75, 3.05) is 6.61 Å². The lowest BCUT2D eigenvalue weighted by Gasteiger charge is -2.44. The van der Waals surface area contributed by atoms with Gasteiger partial charge in [-0.15, -0.1) is 0 Å². The van der Waals surface area contributed by atoms with Crippen molar-refractivity contribution in [3.8, 4) is 17.2 Å². The number of nitrogens with zero attached hydrogens (tertiary/aromatic N) is 2. The Morgan fingerprint density at radius 3 is 2.25 bits per heavy atom. The van der Waals surface area contributed by atoms with Gasteiger partial charge in [-0.2, -0.15) is 9.65 Å².